The van der Waals surface area contributed by atoms with Crippen molar-refractivity contribution < 1.29 is 9.13 Å². The van der Waals surface area contributed by atoms with Crippen molar-refractivity contribution in [2.24, 2.45) is 0 Å². The van der Waals surface area contributed by atoms with Crippen molar-refractivity contribution in [1.82, 2.24) is 0 Å². The van der Waals surface area contributed by atoms with E-state index in [2.05, 4.69) is 0 Å². The molecule has 0 unspecified atom stereocenters. The summed E-state index contributed by atoms with van der Waals surface area (Å²) >= 11 is 0. The summed E-state index contributed by atoms with van der Waals surface area (Å²) in [4.78, 5) is 0. The van der Waals surface area contributed by atoms with Gasteiger partial charge >= 0.3 is 0 Å². The zero-order valence-electron chi connectivity index (χ0n) is 6.67. The monoisotopic (exact) mass is 165 g/mol. The van der Waals surface area contributed by atoms with E-state index in [0.717, 1.165) is 5.56 Å². The third kappa shape index (κ3) is 1.96. The van der Waals surface area contributed by atoms with Gasteiger partial charge in [0.25, 0.3) is 0 Å². The van der Waals surface area contributed by atoms with Crippen LogP contribution in [0.3, 0.4) is 0 Å². The lowest BCUT2D eigenvalue weighted by Gasteiger charge is -2.03. The minimum absolute atomic E-state index is 0.125. The van der Waals surface area contributed by atoms with E-state index in [1.165, 1.54) is 6.07 Å². The lowest BCUT2D eigenvalue weighted by molar-refractivity contribution is 0.346. The molecule has 0 atom stereocenters. The largest absolute Gasteiger partial charge is 0.476 e. The summed E-state index contributed by atoms with van der Waals surface area (Å²) < 4.78 is 17.7. The number of ether oxygens (including phenoxy) is 1. The molecule has 62 valence electrons. The van der Waals surface area contributed by atoms with Crippen molar-refractivity contribution in [3.63, 3.8) is 0 Å². The first kappa shape index (κ1) is 8.54. The minimum atomic E-state index is -0.434. The molecule has 3 heteroatoms. The van der Waals surface area contributed by atoms with E-state index in [1.54, 1.807) is 18.2 Å². The zero-order valence-corrected chi connectivity index (χ0v) is 6.67. The van der Waals surface area contributed by atoms with Crippen molar-refractivity contribution >= 4 is 0 Å². The normalized spacial score (nSPS) is 9.08. The van der Waals surface area contributed by atoms with Gasteiger partial charge < -0.3 is 4.74 Å². The van der Waals surface area contributed by atoms with Crippen molar-refractivity contribution in [3.8, 4) is 11.8 Å². The molecule has 12 heavy (non-hydrogen) atoms. The van der Waals surface area contributed by atoms with Gasteiger partial charge in [0.05, 0.1) is 0 Å². The Labute approximate surface area is 70.2 Å². The third-order valence-corrected chi connectivity index (χ3v) is 1.38. The second-order valence-electron chi connectivity index (χ2n) is 2.38. The average Bonchev–Trinajstić information content (AvgIpc) is 2.07. The number of nitrogens with zero attached hydrogens (tertiary/aromatic N) is 1. The summed E-state index contributed by atoms with van der Waals surface area (Å²) in [5, 5.41) is 8.19. The number of rotatable bonds is 2. The van der Waals surface area contributed by atoms with Crippen LogP contribution in [0.15, 0.2) is 18.2 Å². The zero-order chi connectivity index (χ0) is 8.97. The van der Waals surface area contributed by atoms with Gasteiger partial charge in [-0.15, -0.1) is 0 Å². The lowest BCUT2D eigenvalue weighted by Crippen LogP contribution is -1.96. The molecule has 0 aliphatic rings. The highest BCUT2D eigenvalue weighted by Gasteiger charge is 2.01. The second kappa shape index (κ2) is 3.72. The predicted molar refractivity (Wildman–Crippen MR) is 42.2 cm³/mol. The summed E-state index contributed by atoms with van der Waals surface area (Å²) in [6.07, 6.45) is 0. The third-order valence-electron chi connectivity index (χ3n) is 1.38. The number of hydrogen-bond donors (Lipinski definition) is 0. The van der Waals surface area contributed by atoms with Crippen molar-refractivity contribution in [3.05, 3.63) is 29.6 Å². The van der Waals surface area contributed by atoms with E-state index in [-0.39, 0.29) is 12.4 Å². The Morgan fingerprint density at radius 3 is 3.00 bits per heavy atom. The van der Waals surface area contributed by atoms with Crippen LogP contribution in [0.1, 0.15) is 5.56 Å². The average molecular weight is 165 g/mol. The summed E-state index contributed by atoms with van der Waals surface area (Å²) in [6.45, 7) is 1.71. The van der Waals surface area contributed by atoms with Gasteiger partial charge in [0.15, 0.2) is 18.2 Å². The van der Waals surface area contributed by atoms with E-state index in [1.807, 2.05) is 6.92 Å². The van der Waals surface area contributed by atoms with E-state index < -0.39 is 5.82 Å². The first-order valence-electron chi connectivity index (χ1n) is 3.50. The maximum Gasteiger partial charge on any atom is 0.174 e. The second-order valence-corrected chi connectivity index (χ2v) is 2.38. The fraction of sp³-hybridized carbons (Fsp3) is 0.222. The van der Waals surface area contributed by atoms with Crippen LogP contribution in [0, 0.1) is 24.1 Å². The summed E-state index contributed by atoms with van der Waals surface area (Å²) in [7, 11) is 0. The Bertz CT molecular complexity index is 317. The van der Waals surface area contributed by atoms with Gasteiger partial charge in [-0.05, 0) is 24.6 Å². The Hall–Kier alpha value is -1.56. The van der Waals surface area contributed by atoms with Crippen LogP contribution < -0.4 is 4.74 Å². The molecule has 0 N–H and O–H groups in total. The molecular weight excluding hydrogens is 157 g/mol. The molecular formula is C9H8FNO. The molecule has 2 nitrogen and oxygen atoms in total. The summed E-state index contributed by atoms with van der Waals surface area (Å²) in [6, 6.07) is 6.31. The van der Waals surface area contributed by atoms with Gasteiger partial charge in [0, 0.05) is 0 Å². The van der Waals surface area contributed by atoms with Crippen molar-refractivity contribution in [1.29, 1.82) is 5.26 Å². The first-order chi connectivity index (χ1) is 5.74. The molecule has 0 heterocycles. The van der Waals surface area contributed by atoms with Gasteiger partial charge in [-0.3, -0.25) is 0 Å². The van der Waals surface area contributed by atoms with Crippen molar-refractivity contribution in [2.45, 2.75) is 6.92 Å². The molecule has 1 rings (SSSR count). The van der Waals surface area contributed by atoms with Crippen LogP contribution in [0.25, 0.3) is 0 Å². The molecule has 0 radical (unpaired) electrons. The van der Waals surface area contributed by atoms with Gasteiger partial charge in [-0.25, -0.2) is 4.39 Å². The Morgan fingerprint density at radius 1 is 1.58 bits per heavy atom. The maximum atomic E-state index is 12.9. The first-order valence-corrected chi connectivity index (χ1v) is 3.50. The Morgan fingerprint density at radius 2 is 2.33 bits per heavy atom. The highest BCUT2D eigenvalue weighted by Crippen LogP contribution is 2.17. The Balaban J connectivity index is 2.84. The molecule has 0 bridgehead atoms. The van der Waals surface area contributed by atoms with Gasteiger partial charge in [0.2, 0.25) is 0 Å². The van der Waals surface area contributed by atoms with Gasteiger partial charge in [0.1, 0.15) is 6.07 Å². The molecule has 0 fully saturated rings. The number of benzene rings is 1. The van der Waals surface area contributed by atoms with Crippen LogP contribution in [-0.4, -0.2) is 6.61 Å². The number of hydrogen-bond acceptors (Lipinski definition) is 2. The molecule has 1 aromatic carbocycles. The highest BCUT2D eigenvalue weighted by molar-refractivity contribution is 5.29. The summed E-state index contributed by atoms with van der Waals surface area (Å²) in [5.41, 5.74) is 0.907. The number of halogens is 1. The molecule has 0 aliphatic carbocycles. The predicted octanol–water partition coefficient (Wildman–Crippen LogP) is 2.04. The van der Waals surface area contributed by atoms with Gasteiger partial charge in [-0.1, -0.05) is 6.07 Å². The van der Waals surface area contributed by atoms with E-state index in [4.69, 9.17) is 10.00 Å². The molecule has 0 aromatic heterocycles. The highest BCUT2D eigenvalue weighted by atomic mass is 19.1. The van der Waals surface area contributed by atoms with Gasteiger partial charge in [-0.2, -0.15) is 5.26 Å². The molecule has 0 saturated carbocycles. The Kier molecular flexibility index (Phi) is 2.65. The fourth-order valence-corrected chi connectivity index (χ4v) is 0.831. The van der Waals surface area contributed by atoms with E-state index in [0.29, 0.717) is 0 Å². The van der Waals surface area contributed by atoms with E-state index in [9.17, 15) is 4.39 Å². The SMILES string of the molecule is Cc1ccc(F)c(OCC#N)c1. The molecule has 0 spiro atoms. The quantitative estimate of drug-likeness (QED) is 0.671. The standard InChI is InChI=1S/C9H8FNO/c1-7-2-3-8(10)9(6-7)12-5-4-11/h2-3,6H,5H2,1H3. The van der Waals surface area contributed by atoms with Crippen LogP contribution in [0.4, 0.5) is 4.39 Å². The topological polar surface area (TPSA) is 33.0 Å². The van der Waals surface area contributed by atoms with E-state index >= 15 is 0 Å². The summed E-state index contributed by atoms with van der Waals surface area (Å²) in [5.74, 6) is -0.299. The van der Waals surface area contributed by atoms with Crippen LogP contribution in [0.2, 0.25) is 0 Å². The van der Waals surface area contributed by atoms with Crippen molar-refractivity contribution in [2.75, 3.05) is 6.61 Å². The smallest absolute Gasteiger partial charge is 0.174 e. The van der Waals surface area contributed by atoms with Crippen LogP contribution in [0.5, 0.6) is 5.75 Å². The van der Waals surface area contributed by atoms with Crippen LogP contribution >= 0.6 is 0 Å². The molecule has 0 aliphatic heterocycles. The molecule has 0 saturated heterocycles. The fourth-order valence-electron chi connectivity index (χ4n) is 0.831. The molecule has 1 aromatic rings. The van der Waals surface area contributed by atoms with Crippen LogP contribution in [-0.2, 0) is 0 Å². The maximum absolute atomic E-state index is 12.9. The lowest BCUT2D eigenvalue weighted by atomic mass is 10.2. The molecule has 0 amide bonds. The minimum Gasteiger partial charge on any atom is -0.476 e. The number of nitriles is 1. The number of aryl methyl sites for hydroxylation is 1.